The largest absolute Gasteiger partial charge is 0.353 e. The average Bonchev–Trinajstić information content (AvgIpc) is 3.59. The van der Waals surface area contributed by atoms with Crippen LogP contribution in [-0.4, -0.2) is 52.1 Å². The molecular formula is C22H24FN9O3S. The minimum Gasteiger partial charge on any atom is -0.353 e. The highest BCUT2D eigenvalue weighted by Gasteiger charge is 2.28. The number of anilines is 2. The van der Waals surface area contributed by atoms with E-state index in [1.165, 1.54) is 42.1 Å². The number of nitrogens with zero attached hydrogens (tertiary/aromatic N) is 8. The monoisotopic (exact) mass is 513 g/mol. The number of amides is 1. The molecule has 1 saturated heterocycles. The van der Waals surface area contributed by atoms with E-state index in [1.54, 1.807) is 6.92 Å². The van der Waals surface area contributed by atoms with Gasteiger partial charge >= 0.3 is 5.69 Å². The Morgan fingerprint density at radius 2 is 2.03 bits per heavy atom. The van der Waals surface area contributed by atoms with Crippen LogP contribution in [0, 0.1) is 5.13 Å². The maximum absolute atomic E-state index is 15.0. The van der Waals surface area contributed by atoms with Crippen molar-refractivity contribution in [1.29, 1.82) is 0 Å². The first-order valence-corrected chi connectivity index (χ1v) is 12.2. The number of halogens is 1. The summed E-state index contributed by atoms with van der Waals surface area (Å²) in [7, 11) is 2.85. The number of carbonyl (C=O) groups excluding carboxylic acids is 1. The molecule has 0 unspecified atom stereocenters. The molecule has 1 aliphatic rings. The van der Waals surface area contributed by atoms with E-state index in [0.29, 0.717) is 22.7 Å². The third-order valence-corrected chi connectivity index (χ3v) is 7.32. The molecule has 0 aromatic carbocycles. The first-order valence-electron chi connectivity index (χ1n) is 11.4. The lowest BCUT2D eigenvalue weighted by molar-refractivity contribution is -0.118. The van der Waals surface area contributed by atoms with E-state index in [4.69, 9.17) is 0 Å². The Morgan fingerprint density at radius 1 is 1.25 bits per heavy atom. The molecule has 0 spiro atoms. The van der Waals surface area contributed by atoms with Gasteiger partial charge in [-0.1, -0.05) is 11.3 Å². The molecule has 188 valence electrons. The Morgan fingerprint density at radius 3 is 2.75 bits per heavy atom. The highest BCUT2D eigenvalue weighted by atomic mass is 32.1. The predicted molar refractivity (Wildman–Crippen MR) is 133 cm³/mol. The molecule has 0 saturated carbocycles. The van der Waals surface area contributed by atoms with E-state index in [1.807, 2.05) is 0 Å². The molecule has 1 amide bonds. The summed E-state index contributed by atoms with van der Waals surface area (Å²) < 4.78 is 18.6. The van der Waals surface area contributed by atoms with Gasteiger partial charge in [0.15, 0.2) is 16.3 Å². The van der Waals surface area contributed by atoms with Gasteiger partial charge in [-0.05, 0) is 26.7 Å². The molecule has 5 heterocycles. The molecule has 2 atom stereocenters. The summed E-state index contributed by atoms with van der Waals surface area (Å²) in [5, 5.41) is 2.12. The van der Waals surface area contributed by atoms with Crippen LogP contribution in [0.4, 0.5) is 15.3 Å². The highest BCUT2D eigenvalue weighted by Crippen LogP contribution is 2.36. The molecule has 1 N–H and O–H groups in total. The second kappa shape index (κ2) is 8.93. The standard InChI is InChI=1S/C22H24FN9O3S/c1-11-6-5-7-31(11)17-13(8-24-9-25-17)14-16(23)36-21(27-14)28-19(33)12(2)32-10-26-18-15(32)20(34)30(4)22(35)29(18)3/h8-12H,5-7H2,1-4H3,(H,27,28,33)/t11-,12-/m0/s1. The van der Waals surface area contributed by atoms with Gasteiger partial charge in [0.05, 0.1) is 11.9 Å². The van der Waals surface area contributed by atoms with Crippen molar-refractivity contribution < 1.29 is 9.18 Å². The highest BCUT2D eigenvalue weighted by molar-refractivity contribution is 7.14. The number of rotatable bonds is 5. The van der Waals surface area contributed by atoms with Crippen LogP contribution in [0.1, 0.15) is 32.7 Å². The third kappa shape index (κ3) is 3.77. The van der Waals surface area contributed by atoms with Crippen molar-refractivity contribution in [2.24, 2.45) is 14.1 Å². The molecule has 14 heteroatoms. The first-order chi connectivity index (χ1) is 17.2. The zero-order valence-electron chi connectivity index (χ0n) is 20.1. The van der Waals surface area contributed by atoms with Gasteiger partial charge < -0.3 is 14.8 Å². The van der Waals surface area contributed by atoms with Crippen molar-refractivity contribution >= 4 is 39.4 Å². The minimum atomic E-state index is -0.892. The summed E-state index contributed by atoms with van der Waals surface area (Å²) in [5.74, 6) is 0.0833. The zero-order chi connectivity index (χ0) is 25.7. The van der Waals surface area contributed by atoms with Crippen LogP contribution < -0.4 is 21.5 Å². The Bertz CT molecular complexity index is 1600. The Labute approximate surface area is 208 Å². The van der Waals surface area contributed by atoms with Crippen LogP contribution in [0.5, 0.6) is 0 Å². The van der Waals surface area contributed by atoms with Crippen LogP contribution in [0.15, 0.2) is 28.4 Å². The molecule has 12 nitrogen and oxygen atoms in total. The van der Waals surface area contributed by atoms with Crippen molar-refractivity contribution in [2.45, 2.75) is 38.8 Å². The van der Waals surface area contributed by atoms with E-state index in [0.717, 1.165) is 24.0 Å². The van der Waals surface area contributed by atoms with E-state index >= 15 is 4.39 Å². The van der Waals surface area contributed by atoms with Gasteiger partial charge in [-0.25, -0.2) is 24.7 Å². The number of nitrogens with one attached hydrogen (secondary N) is 1. The molecule has 1 aliphatic heterocycles. The quantitative estimate of drug-likeness (QED) is 0.426. The normalized spacial score (nSPS) is 16.6. The summed E-state index contributed by atoms with van der Waals surface area (Å²) in [5.41, 5.74) is -0.292. The van der Waals surface area contributed by atoms with Crippen molar-refractivity contribution in [3.8, 4) is 11.3 Å². The fourth-order valence-electron chi connectivity index (χ4n) is 4.48. The molecule has 5 rings (SSSR count). The fraction of sp³-hybridized carbons (Fsp3) is 0.409. The van der Waals surface area contributed by atoms with Crippen molar-refractivity contribution in [3.63, 3.8) is 0 Å². The SMILES string of the molecule is C[C@H]1CCCN1c1ncncc1-c1nc(NC(=O)[C@H](C)n2cnc3c2c(=O)n(C)c(=O)n3C)sc1F. The maximum atomic E-state index is 15.0. The lowest BCUT2D eigenvalue weighted by Crippen LogP contribution is -2.38. The summed E-state index contributed by atoms with van der Waals surface area (Å²) in [4.78, 5) is 57.0. The molecule has 0 bridgehead atoms. The lowest BCUT2D eigenvalue weighted by Gasteiger charge is -2.24. The van der Waals surface area contributed by atoms with Crippen LogP contribution >= 0.6 is 11.3 Å². The summed E-state index contributed by atoms with van der Waals surface area (Å²) in [6, 6.07) is -0.630. The first kappa shape index (κ1) is 23.8. The van der Waals surface area contributed by atoms with Gasteiger partial charge in [0, 0.05) is 32.9 Å². The van der Waals surface area contributed by atoms with Crippen LogP contribution in [0.2, 0.25) is 0 Å². The molecule has 0 radical (unpaired) electrons. The molecule has 4 aromatic heterocycles. The topological polar surface area (TPSA) is 133 Å². The number of aromatic nitrogens is 7. The summed E-state index contributed by atoms with van der Waals surface area (Å²) >= 11 is 0.698. The smallest absolute Gasteiger partial charge is 0.332 e. The Kier molecular flexibility index (Phi) is 5.90. The minimum absolute atomic E-state index is 0.0633. The van der Waals surface area contributed by atoms with Gasteiger partial charge in [-0.2, -0.15) is 4.39 Å². The van der Waals surface area contributed by atoms with Crippen molar-refractivity contribution in [3.05, 3.63) is 44.8 Å². The lowest BCUT2D eigenvalue weighted by atomic mass is 10.2. The summed E-state index contributed by atoms with van der Waals surface area (Å²) in [6.45, 7) is 4.47. The van der Waals surface area contributed by atoms with E-state index in [2.05, 4.69) is 37.1 Å². The molecule has 36 heavy (non-hydrogen) atoms. The summed E-state index contributed by atoms with van der Waals surface area (Å²) in [6.07, 6.45) is 6.31. The molecular weight excluding hydrogens is 489 g/mol. The molecule has 4 aromatic rings. The maximum Gasteiger partial charge on any atom is 0.332 e. The molecule has 0 aliphatic carbocycles. The Balaban J connectivity index is 1.45. The van der Waals surface area contributed by atoms with Gasteiger partial charge in [0.2, 0.25) is 11.0 Å². The van der Waals surface area contributed by atoms with Crippen LogP contribution in [0.3, 0.4) is 0 Å². The number of aryl methyl sites for hydroxylation is 1. The van der Waals surface area contributed by atoms with Crippen molar-refractivity contribution in [1.82, 2.24) is 33.6 Å². The number of fused-ring (bicyclic) bond motifs is 1. The van der Waals surface area contributed by atoms with Gasteiger partial charge in [0.1, 0.15) is 23.9 Å². The average molecular weight is 514 g/mol. The zero-order valence-corrected chi connectivity index (χ0v) is 20.9. The van der Waals surface area contributed by atoms with Crippen LogP contribution in [0.25, 0.3) is 22.4 Å². The van der Waals surface area contributed by atoms with Gasteiger partial charge in [-0.3, -0.25) is 18.7 Å². The Hall–Kier alpha value is -3.94. The number of hydrogen-bond donors (Lipinski definition) is 1. The van der Waals surface area contributed by atoms with E-state index < -0.39 is 28.3 Å². The number of imidazole rings is 1. The third-order valence-electron chi connectivity index (χ3n) is 6.56. The second-order valence-corrected chi connectivity index (χ2v) is 9.73. The van der Waals surface area contributed by atoms with Gasteiger partial charge in [0.25, 0.3) is 5.56 Å². The predicted octanol–water partition coefficient (Wildman–Crippen LogP) is 1.67. The van der Waals surface area contributed by atoms with E-state index in [-0.39, 0.29) is 28.0 Å². The molecule has 1 fully saturated rings. The van der Waals surface area contributed by atoms with E-state index in [9.17, 15) is 14.4 Å². The number of hydrogen-bond acceptors (Lipinski definition) is 9. The van der Waals surface area contributed by atoms with Gasteiger partial charge in [-0.15, -0.1) is 0 Å². The second-order valence-electron chi connectivity index (χ2n) is 8.78. The number of carbonyl (C=O) groups is 1. The van der Waals surface area contributed by atoms with Crippen molar-refractivity contribution in [2.75, 3.05) is 16.8 Å². The number of thiazole rings is 1. The van der Waals surface area contributed by atoms with Crippen LogP contribution in [-0.2, 0) is 18.9 Å². The fourth-order valence-corrected chi connectivity index (χ4v) is 5.19.